The molecule has 1 heterocycles. The van der Waals surface area contributed by atoms with Gasteiger partial charge in [-0.15, -0.1) is 0 Å². The Hall–Kier alpha value is -1.91. The Morgan fingerprint density at radius 2 is 1.58 bits per heavy atom. The molecule has 0 fully saturated rings. The number of aryl methyl sites for hydroxylation is 1. The molecule has 104 valence electrons. The van der Waals surface area contributed by atoms with E-state index in [0.717, 1.165) is 5.56 Å². The third-order valence-corrected chi connectivity index (χ3v) is 2.67. The minimum atomic E-state index is -0.0950. The molecule has 0 atom stereocenters. The molecule has 0 aromatic carbocycles. The molecule has 0 aliphatic carbocycles. The van der Waals surface area contributed by atoms with Crippen LogP contribution in [0.2, 0.25) is 0 Å². The number of anilines is 2. The van der Waals surface area contributed by atoms with Gasteiger partial charge in [0.2, 0.25) is 11.8 Å². The van der Waals surface area contributed by atoms with Crippen molar-refractivity contribution in [2.75, 3.05) is 10.6 Å². The Morgan fingerprint density at radius 3 is 2.05 bits per heavy atom. The quantitative estimate of drug-likeness (QED) is 0.877. The zero-order valence-corrected chi connectivity index (χ0v) is 12.1. The zero-order chi connectivity index (χ0) is 14.6. The van der Waals surface area contributed by atoms with Gasteiger partial charge in [0.15, 0.2) is 0 Å². The van der Waals surface area contributed by atoms with E-state index in [2.05, 4.69) is 15.6 Å². The summed E-state index contributed by atoms with van der Waals surface area (Å²) < 4.78 is 0. The summed E-state index contributed by atoms with van der Waals surface area (Å²) in [6.45, 7) is 9.16. The van der Waals surface area contributed by atoms with Gasteiger partial charge in [0, 0.05) is 11.8 Å². The van der Waals surface area contributed by atoms with E-state index in [9.17, 15) is 9.59 Å². The predicted molar refractivity (Wildman–Crippen MR) is 75.9 cm³/mol. The van der Waals surface area contributed by atoms with Gasteiger partial charge in [0.25, 0.3) is 0 Å². The van der Waals surface area contributed by atoms with Crippen LogP contribution in [-0.2, 0) is 9.59 Å². The van der Waals surface area contributed by atoms with Gasteiger partial charge in [0.1, 0.15) is 5.82 Å². The van der Waals surface area contributed by atoms with E-state index < -0.39 is 0 Å². The highest BCUT2D eigenvalue weighted by Crippen LogP contribution is 2.18. The Kier molecular flexibility index (Phi) is 5.03. The van der Waals surface area contributed by atoms with Crippen molar-refractivity contribution in [3.8, 4) is 0 Å². The van der Waals surface area contributed by atoms with Crippen LogP contribution in [-0.4, -0.2) is 16.8 Å². The molecule has 0 saturated heterocycles. The number of hydrogen-bond acceptors (Lipinski definition) is 3. The average molecular weight is 263 g/mol. The fraction of sp³-hybridized carbons (Fsp3) is 0.500. The van der Waals surface area contributed by atoms with E-state index in [0.29, 0.717) is 11.5 Å². The van der Waals surface area contributed by atoms with E-state index in [1.54, 1.807) is 12.3 Å². The second kappa shape index (κ2) is 6.31. The molecule has 0 aliphatic rings. The predicted octanol–water partition coefficient (Wildman–Crippen LogP) is 2.58. The number of amides is 2. The summed E-state index contributed by atoms with van der Waals surface area (Å²) in [5.74, 6) is 0.190. The number of nitrogens with one attached hydrogen (secondary N) is 2. The van der Waals surface area contributed by atoms with Crippen LogP contribution in [0.3, 0.4) is 0 Å². The normalized spacial score (nSPS) is 10.7. The fourth-order valence-electron chi connectivity index (χ4n) is 1.30. The molecule has 0 unspecified atom stereocenters. The first kappa shape index (κ1) is 15.1. The molecule has 0 spiro atoms. The highest BCUT2D eigenvalue weighted by molar-refractivity contribution is 5.94. The first-order chi connectivity index (χ1) is 8.81. The van der Waals surface area contributed by atoms with Gasteiger partial charge in [-0.1, -0.05) is 27.7 Å². The largest absolute Gasteiger partial charge is 0.324 e. The summed E-state index contributed by atoms with van der Waals surface area (Å²) in [6, 6.07) is 1.75. The van der Waals surface area contributed by atoms with Gasteiger partial charge in [-0.25, -0.2) is 4.98 Å². The molecule has 5 nitrogen and oxygen atoms in total. The maximum Gasteiger partial charge on any atom is 0.228 e. The number of hydrogen-bond donors (Lipinski definition) is 2. The van der Waals surface area contributed by atoms with Crippen molar-refractivity contribution in [3.05, 3.63) is 17.8 Å². The third kappa shape index (κ3) is 4.35. The standard InChI is InChI=1S/C14H21N3O2/c1-8(2)13(18)16-11-7-15-12(6-10(11)5)17-14(19)9(3)4/h6-9H,1-5H3,(H,16,18)(H,15,17,19). The number of carbonyl (C=O) groups is 2. The summed E-state index contributed by atoms with van der Waals surface area (Å²) in [6.07, 6.45) is 1.56. The van der Waals surface area contributed by atoms with Crippen molar-refractivity contribution in [2.24, 2.45) is 11.8 Å². The summed E-state index contributed by atoms with van der Waals surface area (Å²) >= 11 is 0. The molecule has 2 N–H and O–H groups in total. The minimum Gasteiger partial charge on any atom is -0.324 e. The van der Waals surface area contributed by atoms with Gasteiger partial charge in [-0.05, 0) is 18.6 Å². The highest BCUT2D eigenvalue weighted by atomic mass is 16.2. The minimum absolute atomic E-state index is 0.0520. The van der Waals surface area contributed by atoms with Gasteiger partial charge in [0.05, 0.1) is 11.9 Å². The summed E-state index contributed by atoms with van der Waals surface area (Å²) in [7, 11) is 0. The molecule has 1 rings (SSSR count). The van der Waals surface area contributed by atoms with E-state index in [1.165, 1.54) is 0 Å². The molecular formula is C14H21N3O2. The van der Waals surface area contributed by atoms with Gasteiger partial charge in [-0.3, -0.25) is 9.59 Å². The van der Waals surface area contributed by atoms with Crippen LogP contribution < -0.4 is 10.6 Å². The molecular weight excluding hydrogens is 242 g/mol. The van der Waals surface area contributed by atoms with Crippen LogP contribution in [0, 0.1) is 18.8 Å². The van der Waals surface area contributed by atoms with E-state index >= 15 is 0 Å². The summed E-state index contributed by atoms with van der Waals surface area (Å²) in [5.41, 5.74) is 1.53. The Bertz CT molecular complexity index is 482. The molecule has 1 aromatic heterocycles. The van der Waals surface area contributed by atoms with Crippen LogP contribution in [0.1, 0.15) is 33.3 Å². The lowest BCUT2D eigenvalue weighted by Crippen LogP contribution is -2.20. The molecule has 19 heavy (non-hydrogen) atoms. The van der Waals surface area contributed by atoms with E-state index in [1.807, 2.05) is 34.6 Å². The average Bonchev–Trinajstić information content (AvgIpc) is 2.32. The monoisotopic (exact) mass is 263 g/mol. The number of aromatic nitrogens is 1. The lowest BCUT2D eigenvalue weighted by atomic mass is 10.2. The van der Waals surface area contributed by atoms with Gasteiger partial charge in [-0.2, -0.15) is 0 Å². The van der Waals surface area contributed by atoms with Crippen molar-refractivity contribution >= 4 is 23.3 Å². The van der Waals surface area contributed by atoms with Crippen LogP contribution in [0.4, 0.5) is 11.5 Å². The topological polar surface area (TPSA) is 71.1 Å². The summed E-state index contributed by atoms with van der Waals surface area (Å²) in [4.78, 5) is 27.3. The van der Waals surface area contributed by atoms with Crippen LogP contribution >= 0.6 is 0 Å². The molecule has 0 aliphatic heterocycles. The Labute approximate surface area is 113 Å². The lowest BCUT2D eigenvalue weighted by molar-refractivity contribution is -0.119. The van der Waals surface area contributed by atoms with Crippen LogP contribution in [0.25, 0.3) is 0 Å². The van der Waals surface area contributed by atoms with E-state index in [-0.39, 0.29) is 23.7 Å². The molecule has 5 heteroatoms. The molecule has 1 aromatic rings. The molecule has 2 amide bonds. The van der Waals surface area contributed by atoms with Crippen LogP contribution in [0.5, 0.6) is 0 Å². The van der Waals surface area contributed by atoms with Crippen molar-refractivity contribution in [3.63, 3.8) is 0 Å². The third-order valence-electron chi connectivity index (χ3n) is 2.67. The Balaban J connectivity index is 2.80. The number of rotatable bonds is 4. The SMILES string of the molecule is Cc1cc(NC(=O)C(C)C)ncc1NC(=O)C(C)C. The fourth-order valence-corrected chi connectivity index (χ4v) is 1.30. The molecule has 0 radical (unpaired) electrons. The van der Waals surface area contributed by atoms with Gasteiger partial charge < -0.3 is 10.6 Å². The number of nitrogens with zero attached hydrogens (tertiary/aromatic N) is 1. The van der Waals surface area contributed by atoms with Crippen molar-refractivity contribution in [1.82, 2.24) is 4.98 Å². The van der Waals surface area contributed by atoms with E-state index in [4.69, 9.17) is 0 Å². The lowest BCUT2D eigenvalue weighted by Gasteiger charge is -2.12. The van der Waals surface area contributed by atoms with Crippen LogP contribution in [0.15, 0.2) is 12.3 Å². The van der Waals surface area contributed by atoms with Crippen molar-refractivity contribution in [2.45, 2.75) is 34.6 Å². The van der Waals surface area contributed by atoms with Crippen molar-refractivity contribution < 1.29 is 9.59 Å². The second-order valence-corrected chi connectivity index (χ2v) is 5.17. The van der Waals surface area contributed by atoms with Gasteiger partial charge >= 0.3 is 0 Å². The summed E-state index contributed by atoms with van der Waals surface area (Å²) in [5, 5.41) is 5.52. The second-order valence-electron chi connectivity index (χ2n) is 5.17. The number of carbonyl (C=O) groups excluding carboxylic acids is 2. The zero-order valence-electron chi connectivity index (χ0n) is 12.1. The Morgan fingerprint density at radius 1 is 1.05 bits per heavy atom. The highest BCUT2D eigenvalue weighted by Gasteiger charge is 2.11. The first-order valence-electron chi connectivity index (χ1n) is 6.39. The number of pyridine rings is 1. The maximum atomic E-state index is 11.6. The smallest absolute Gasteiger partial charge is 0.228 e. The molecule has 0 bridgehead atoms. The van der Waals surface area contributed by atoms with Crippen molar-refractivity contribution in [1.29, 1.82) is 0 Å². The maximum absolute atomic E-state index is 11.6. The molecule has 0 saturated carbocycles. The first-order valence-corrected chi connectivity index (χ1v) is 6.39.